The minimum Gasteiger partial charge on any atom is -0.332 e. The number of carbonyl (C=O) groups excluding carboxylic acids is 3. The quantitative estimate of drug-likeness (QED) is 0.629. The molecule has 2 atom stereocenters. The number of benzene rings is 2. The van der Waals surface area contributed by atoms with Gasteiger partial charge in [0.05, 0.1) is 0 Å². The van der Waals surface area contributed by atoms with Gasteiger partial charge in [0, 0.05) is 5.56 Å². The predicted molar refractivity (Wildman–Crippen MR) is 104 cm³/mol. The van der Waals surface area contributed by atoms with E-state index in [2.05, 4.69) is 10.7 Å². The molecule has 3 rings (SSSR count). The van der Waals surface area contributed by atoms with Crippen LogP contribution in [0.25, 0.3) is 0 Å². The van der Waals surface area contributed by atoms with Crippen molar-refractivity contribution in [1.82, 2.24) is 15.8 Å². The molecule has 7 heteroatoms. The second kappa shape index (κ2) is 8.22. The molecule has 0 aliphatic carbocycles. The van der Waals surface area contributed by atoms with Crippen LogP contribution in [-0.4, -0.2) is 29.4 Å². The summed E-state index contributed by atoms with van der Waals surface area (Å²) in [6.45, 7) is 3.91. The molecule has 4 amide bonds. The lowest BCUT2D eigenvalue weighted by atomic mass is 9.87. The summed E-state index contributed by atoms with van der Waals surface area (Å²) in [7, 11) is 0. The maximum absolute atomic E-state index is 13.0. The Labute approximate surface area is 164 Å². The minimum atomic E-state index is -1.16. The number of nitrogens with zero attached hydrogens (tertiary/aromatic N) is 1. The van der Waals surface area contributed by atoms with E-state index in [1.165, 1.54) is 0 Å². The molecule has 1 aliphatic heterocycles. The highest BCUT2D eigenvalue weighted by Gasteiger charge is 2.52. The fourth-order valence-electron chi connectivity index (χ4n) is 3.39. The Bertz CT molecular complexity index is 856. The van der Waals surface area contributed by atoms with Gasteiger partial charge >= 0.3 is 6.03 Å². The zero-order valence-corrected chi connectivity index (χ0v) is 16.0. The van der Waals surface area contributed by atoms with Gasteiger partial charge in [0.25, 0.3) is 11.8 Å². The van der Waals surface area contributed by atoms with Crippen LogP contribution in [0.5, 0.6) is 0 Å². The number of amides is 4. The van der Waals surface area contributed by atoms with Crippen molar-refractivity contribution in [2.45, 2.75) is 31.8 Å². The molecule has 0 radical (unpaired) electrons. The first-order valence-corrected chi connectivity index (χ1v) is 9.38. The Kier molecular flexibility index (Phi) is 5.75. The van der Waals surface area contributed by atoms with E-state index >= 15 is 0 Å². The van der Waals surface area contributed by atoms with E-state index in [1.807, 2.05) is 67.7 Å². The third-order valence-corrected chi connectivity index (χ3v) is 5.11. The van der Waals surface area contributed by atoms with E-state index in [9.17, 15) is 14.4 Å². The SMILES string of the molecule is CC[C@]1(c2ccccc2)NC(=O)N(NC(=O)C[NH2+][C@H](C)c2ccccc2)C1=O. The topological polar surface area (TPSA) is 95.1 Å². The summed E-state index contributed by atoms with van der Waals surface area (Å²) < 4.78 is 0. The Morgan fingerprint density at radius 2 is 1.71 bits per heavy atom. The van der Waals surface area contributed by atoms with Crippen molar-refractivity contribution in [1.29, 1.82) is 0 Å². The first-order valence-electron chi connectivity index (χ1n) is 9.38. The van der Waals surface area contributed by atoms with Gasteiger partial charge in [-0.1, -0.05) is 67.6 Å². The molecule has 0 aromatic heterocycles. The van der Waals surface area contributed by atoms with Gasteiger partial charge in [-0.15, -0.1) is 0 Å². The highest BCUT2D eigenvalue weighted by Crippen LogP contribution is 2.31. The van der Waals surface area contributed by atoms with E-state index in [0.29, 0.717) is 12.0 Å². The molecular weight excluding hydrogens is 356 g/mol. The molecule has 7 nitrogen and oxygen atoms in total. The average molecular weight is 381 g/mol. The van der Waals surface area contributed by atoms with Crippen molar-refractivity contribution in [3.05, 3.63) is 71.8 Å². The lowest BCUT2D eigenvalue weighted by molar-refractivity contribution is -0.682. The summed E-state index contributed by atoms with van der Waals surface area (Å²) in [6.07, 6.45) is 0.380. The van der Waals surface area contributed by atoms with E-state index in [1.54, 1.807) is 12.1 Å². The van der Waals surface area contributed by atoms with Gasteiger partial charge in [0.1, 0.15) is 11.6 Å². The van der Waals surface area contributed by atoms with Crippen LogP contribution in [0, 0.1) is 0 Å². The molecule has 2 aromatic rings. The molecular formula is C21H25N4O3+. The molecule has 0 spiro atoms. The van der Waals surface area contributed by atoms with Crippen molar-refractivity contribution < 1.29 is 19.7 Å². The van der Waals surface area contributed by atoms with Gasteiger partial charge in [0.15, 0.2) is 6.54 Å². The number of quaternary nitrogens is 1. The van der Waals surface area contributed by atoms with Gasteiger partial charge in [0.2, 0.25) is 0 Å². The van der Waals surface area contributed by atoms with Crippen molar-refractivity contribution in [3.8, 4) is 0 Å². The fourth-order valence-corrected chi connectivity index (χ4v) is 3.39. The maximum atomic E-state index is 13.0. The largest absolute Gasteiger partial charge is 0.344 e. The summed E-state index contributed by atoms with van der Waals surface area (Å²) in [5.74, 6) is -0.887. The summed E-state index contributed by atoms with van der Waals surface area (Å²) >= 11 is 0. The Morgan fingerprint density at radius 1 is 1.11 bits per heavy atom. The molecule has 146 valence electrons. The van der Waals surface area contributed by atoms with E-state index in [4.69, 9.17) is 0 Å². The summed E-state index contributed by atoms with van der Waals surface area (Å²) in [4.78, 5) is 37.7. The first kappa shape index (κ1) is 19.6. The van der Waals surface area contributed by atoms with Gasteiger partial charge in [-0.2, -0.15) is 5.01 Å². The number of imide groups is 1. The van der Waals surface area contributed by atoms with Crippen molar-refractivity contribution in [2.75, 3.05) is 6.54 Å². The first-order chi connectivity index (χ1) is 13.5. The molecule has 4 N–H and O–H groups in total. The summed E-state index contributed by atoms with van der Waals surface area (Å²) in [5, 5.41) is 5.39. The monoisotopic (exact) mass is 381 g/mol. The highest BCUT2D eigenvalue weighted by atomic mass is 16.2. The molecule has 1 aliphatic rings. The van der Waals surface area contributed by atoms with Gasteiger partial charge in [-0.3, -0.25) is 15.0 Å². The lowest BCUT2D eigenvalue weighted by Gasteiger charge is -2.25. The summed E-state index contributed by atoms with van der Waals surface area (Å²) in [6, 6.07) is 18.3. The fraction of sp³-hybridized carbons (Fsp3) is 0.286. The molecule has 0 bridgehead atoms. The normalized spacial score (nSPS) is 20.0. The van der Waals surface area contributed by atoms with Crippen LogP contribution in [0.1, 0.15) is 37.4 Å². The Balaban J connectivity index is 1.65. The molecule has 1 heterocycles. The molecule has 28 heavy (non-hydrogen) atoms. The van der Waals surface area contributed by atoms with Gasteiger partial charge in [-0.05, 0) is 18.9 Å². The van der Waals surface area contributed by atoms with Crippen molar-refractivity contribution in [3.63, 3.8) is 0 Å². The van der Waals surface area contributed by atoms with Crippen molar-refractivity contribution >= 4 is 17.8 Å². The third kappa shape index (κ3) is 3.75. The highest BCUT2D eigenvalue weighted by molar-refractivity contribution is 6.08. The average Bonchev–Trinajstić information content (AvgIpc) is 2.98. The zero-order valence-electron chi connectivity index (χ0n) is 16.0. The van der Waals surface area contributed by atoms with Crippen LogP contribution in [0.3, 0.4) is 0 Å². The molecule has 1 fully saturated rings. The van der Waals surface area contributed by atoms with Crippen LogP contribution < -0.4 is 16.1 Å². The van der Waals surface area contributed by atoms with Crippen LogP contribution in [0.15, 0.2) is 60.7 Å². The number of hydrogen-bond donors (Lipinski definition) is 3. The second-order valence-electron chi connectivity index (χ2n) is 6.87. The molecule has 2 aromatic carbocycles. The maximum Gasteiger partial charge on any atom is 0.344 e. The number of carbonyl (C=O) groups is 3. The van der Waals surface area contributed by atoms with Crippen LogP contribution in [0.2, 0.25) is 0 Å². The lowest BCUT2D eigenvalue weighted by Crippen LogP contribution is -2.87. The van der Waals surface area contributed by atoms with Gasteiger partial charge < -0.3 is 10.6 Å². The number of hydrogen-bond acceptors (Lipinski definition) is 3. The second-order valence-corrected chi connectivity index (χ2v) is 6.87. The Hall–Kier alpha value is -3.19. The number of nitrogens with two attached hydrogens (primary N) is 1. The molecule has 0 saturated carbocycles. The van der Waals surface area contributed by atoms with Crippen LogP contribution >= 0.6 is 0 Å². The number of rotatable bonds is 7. The van der Waals surface area contributed by atoms with E-state index < -0.39 is 23.4 Å². The molecule has 0 unspecified atom stereocenters. The minimum absolute atomic E-state index is 0.0779. The number of nitrogens with one attached hydrogen (secondary N) is 2. The van der Waals surface area contributed by atoms with E-state index in [0.717, 1.165) is 10.6 Å². The van der Waals surface area contributed by atoms with Gasteiger partial charge in [-0.25, -0.2) is 4.79 Å². The van der Waals surface area contributed by atoms with Crippen LogP contribution in [0.4, 0.5) is 4.79 Å². The predicted octanol–water partition coefficient (Wildman–Crippen LogP) is 1.20. The number of urea groups is 1. The Morgan fingerprint density at radius 3 is 2.32 bits per heavy atom. The van der Waals surface area contributed by atoms with Crippen molar-refractivity contribution in [2.24, 2.45) is 0 Å². The smallest absolute Gasteiger partial charge is 0.332 e. The number of hydrazine groups is 1. The standard InChI is InChI=1S/C21H24N4O3/c1-3-21(17-12-8-5-9-13-17)19(27)25(20(28)23-21)24-18(26)14-22-15(2)16-10-6-4-7-11-16/h4-13,15,22H,3,14H2,1-2H3,(H,23,28)(H,24,26)/p+1/t15-,21-/m1/s1. The zero-order chi connectivity index (χ0) is 20.1. The molecule has 1 saturated heterocycles. The van der Waals surface area contributed by atoms with E-state index in [-0.39, 0.29) is 12.6 Å². The third-order valence-electron chi connectivity index (χ3n) is 5.11. The summed E-state index contributed by atoms with van der Waals surface area (Å²) in [5.41, 5.74) is 3.07. The van der Waals surface area contributed by atoms with Crippen LogP contribution in [-0.2, 0) is 15.1 Å².